The summed E-state index contributed by atoms with van der Waals surface area (Å²) < 4.78 is 33.4. The van der Waals surface area contributed by atoms with Gasteiger partial charge in [0.25, 0.3) is 0 Å². The first kappa shape index (κ1) is 21.8. The zero-order valence-corrected chi connectivity index (χ0v) is 19.3. The van der Waals surface area contributed by atoms with Crippen molar-refractivity contribution in [3.8, 4) is 0 Å². The van der Waals surface area contributed by atoms with Crippen LogP contribution in [0.15, 0.2) is 63.4 Å². The second kappa shape index (κ2) is 8.98. The SMILES string of the molecule is CCC1c2ccsc2CCN1C(=O)CN(Cc1ccco1)S(=O)(=O)c1ccc(C)cc1. The maximum Gasteiger partial charge on any atom is 0.243 e. The minimum absolute atomic E-state index is 0.00326. The van der Waals surface area contributed by atoms with Crippen LogP contribution in [0.1, 0.15) is 41.2 Å². The van der Waals surface area contributed by atoms with Crippen molar-refractivity contribution in [2.24, 2.45) is 0 Å². The Kier molecular flexibility index (Phi) is 6.31. The van der Waals surface area contributed by atoms with Crippen LogP contribution in [-0.4, -0.2) is 36.6 Å². The summed E-state index contributed by atoms with van der Waals surface area (Å²) >= 11 is 1.72. The van der Waals surface area contributed by atoms with Crippen molar-refractivity contribution < 1.29 is 17.6 Å². The molecule has 31 heavy (non-hydrogen) atoms. The molecule has 1 aliphatic rings. The number of hydrogen-bond acceptors (Lipinski definition) is 5. The standard InChI is InChI=1S/C23H26N2O4S2/c1-3-21-20-11-14-30-22(20)10-12-25(21)23(26)16-24(15-18-5-4-13-29-18)31(27,28)19-8-6-17(2)7-9-19/h4-9,11,13-14,21H,3,10,12,15-16H2,1-2H3. The highest BCUT2D eigenvalue weighted by atomic mass is 32.2. The largest absolute Gasteiger partial charge is 0.468 e. The Morgan fingerprint density at radius 2 is 2.00 bits per heavy atom. The molecule has 0 saturated heterocycles. The van der Waals surface area contributed by atoms with Gasteiger partial charge in [0.15, 0.2) is 0 Å². The van der Waals surface area contributed by atoms with Crippen molar-refractivity contribution in [3.05, 3.63) is 75.9 Å². The summed E-state index contributed by atoms with van der Waals surface area (Å²) in [5, 5.41) is 2.06. The van der Waals surface area contributed by atoms with Gasteiger partial charge in [0, 0.05) is 11.4 Å². The minimum atomic E-state index is -3.87. The molecule has 1 unspecified atom stereocenters. The predicted molar refractivity (Wildman–Crippen MR) is 120 cm³/mol. The lowest BCUT2D eigenvalue weighted by atomic mass is 9.98. The van der Waals surface area contributed by atoms with Gasteiger partial charge in [-0.05, 0) is 61.0 Å². The van der Waals surface area contributed by atoms with Crippen molar-refractivity contribution >= 4 is 27.3 Å². The molecule has 0 radical (unpaired) electrons. The second-order valence-electron chi connectivity index (χ2n) is 7.73. The number of hydrogen-bond donors (Lipinski definition) is 0. The van der Waals surface area contributed by atoms with Gasteiger partial charge in [-0.15, -0.1) is 11.3 Å². The number of carbonyl (C=O) groups excluding carboxylic acids is 1. The van der Waals surface area contributed by atoms with E-state index in [4.69, 9.17) is 4.42 Å². The number of thiophene rings is 1. The molecule has 2 aromatic heterocycles. The van der Waals surface area contributed by atoms with Crippen molar-refractivity contribution in [1.29, 1.82) is 0 Å². The summed E-state index contributed by atoms with van der Waals surface area (Å²) in [5.41, 5.74) is 2.16. The summed E-state index contributed by atoms with van der Waals surface area (Å²) in [6.45, 7) is 4.34. The van der Waals surface area contributed by atoms with Crippen LogP contribution in [0.3, 0.4) is 0 Å². The second-order valence-corrected chi connectivity index (χ2v) is 10.7. The van der Waals surface area contributed by atoms with E-state index < -0.39 is 10.0 Å². The Balaban J connectivity index is 1.61. The number of sulfonamides is 1. The van der Waals surface area contributed by atoms with E-state index in [9.17, 15) is 13.2 Å². The molecule has 0 fully saturated rings. The summed E-state index contributed by atoms with van der Waals surface area (Å²) in [5.74, 6) is 0.306. The van der Waals surface area contributed by atoms with Crippen LogP contribution in [0, 0.1) is 6.92 Å². The van der Waals surface area contributed by atoms with Crippen LogP contribution in [0.25, 0.3) is 0 Å². The molecule has 1 aliphatic heterocycles. The average molecular weight is 459 g/mol. The number of amides is 1. The molecule has 0 N–H and O–H groups in total. The fraction of sp³-hybridized carbons (Fsp3) is 0.348. The number of nitrogens with zero attached hydrogens (tertiary/aromatic N) is 2. The third kappa shape index (κ3) is 4.46. The fourth-order valence-electron chi connectivity index (χ4n) is 4.04. The number of fused-ring (bicyclic) bond motifs is 1. The van der Waals surface area contributed by atoms with Gasteiger partial charge in [-0.25, -0.2) is 8.42 Å². The normalized spacial score (nSPS) is 16.5. The van der Waals surface area contributed by atoms with Gasteiger partial charge in [-0.3, -0.25) is 4.79 Å². The molecule has 1 amide bonds. The molecular weight excluding hydrogens is 432 g/mol. The monoisotopic (exact) mass is 458 g/mol. The van der Waals surface area contributed by atoms with Crippen LogP contribution < -0.4 is 0 Å². The molecule has 0 saturated carbocycles. The van der Waals surface area contributed by atoms with Crippen molar-refractivity contribution in [2.45, 2.75) is 44.2 Å². The molecule has 1 atom stereocenters. The Bertz CT molecular complexity index is 1130. The predicted octanol–water partition coefficient (Wildman–Crippen LogP) is 4.38. The highest BCUT2D eigenvalue weighted by Crippen LogP contribution is 2.35. The van der Waals surface area contributed by atoms with E-state index in [2.05, 4.69) is 18.4 Å². The lowest BCUT2D eigenvalue weighted by Crippen LogP contribution is -2.46. The highest BCUT2D eigenvalue weighted by Gasteiger charge is 2.34. The molecular formula is C23H26N2O4S2. The number of carbonyl (C=O) groups is 1. The Hall–Kier alpha value is -2.42. The van der Waals surface area contributed by atoms with Gasteiger partial charge in [-0.1, -0.05) is 24.6 Å². The average Bonchev–Trinajstić information content (AvgIpc) is 3.44. The van der Waals surface area contributed by atoms with E-state index >= 15 is 0 Å². The Morgan fingerprint density at radius 1 is 1.23 bits per heavy atom. The van der Waals surface area contributed by atoms with Crippen LogP contribution in [0.5, 0.6) is 0 Å². The van der Waals surface area contributed by atoms with Crippen LogP contribution in [-0.2, 0) is 27.8 Å². The first-order valence-electron chi connectivity index (χ1n) is 10.3. The number of aryl methyl sites for hydroxylation is 1. The zero-order chi connectivity index (χ0) is 22.0. The van der Waals surface area contributed by atoms with E-state index in [0.29, 0.717) is 12.3 Å². The fourth-order valence-corrected chi connectivity index (χ4v) is 6.32. The smallest absolute Gasteiger partial charge is 0.243 e. The first-order chi connectivity index (χ1) is 14.9. The van der Waals surface area contributed by atoms with Gasteiger partial charge >= 0.3 is 0 Å². The van der Waals surface area contributed by atoms with Crippen molar-refractivity contribution in [2.75, 3.05) is 13.1 Å². The maximum atomic E-state index is 13.4. The minimum Gasteiger partial charge on any atom is -0.468 e. The van der Waals surface area contributed by atoms with Crippen LogP contribution in [0.4, 0.5) is 0 Å². The van der Waals surface area contributed by atoms with E-state index in [1.165, 1.54) is 21.0 Å². The van der Waals surface area contributed by atoms with Gasteiger partial charge in [0.1, 0.15) is 5.76 Å². The first-order valence-corrected chi connectivity index (χ1v) is 12.7. The number of furan rings is 1. The third-order valence-corrected chi connectivity index (χ3v) is 8.49. The lowest BCUT2D eigenvalue weighted by Gasteiger charge is -2.36. The molecule has 3 aromatic rings. The summed E-state index contributed by atoms with van der Waals surface area (Å²) in [6.07, 6.45) is 3.10. The van der Waals surface area contributed by atoms with Crippen LogP contribution >= 0.6 is 11.3 Å². The summed E-state index contributed by atoms with van der Waals surface area (Å²) in [4.78, 5) is 16.7. The molecule has 1 aromatic carbocycles. The summed E-state index contributed by atoms with van der Waals surface area (Å²) in [6, 6.07) is 12.2. The van der Waals surface area contributed by atoms with E-state index in [-0.39, 0.29) is 29.9 Å². The molecule has 4 rings (SSSR count). The molecule has 6 nitrogen and oxygen atoms in total. The molecule has 8 heteroatoms. The van der Waals surface area contributed by atoms with Gasteiger partial charge in [0.2, 0.25) is 15.9 Å². The van der Waals surface area contributed by atoms with E-state index in [0.717, 1.165) is 18.4 Å². The third-order valence-electron chi connectivity index (χ3n) is 5.68. The Morgan fingerprint density at radius 3 is 2.68 bits per heavy atom. The van der Waals surface area contributed by atoms with Crippen molar-refractivity contribution in [1.82, 2.24) is 9.21 Å². The molecule has 3 heterocycles. The molecule has 0 bridgehead atoms. The molecule has 0 spiro atoms. The quantitative estimate of drug-likeness (QED) is 0.527. The Labute approximate surface area is 187 Å². The molecule has 164 valence electrons. The maximum absolute atomic E-state index is 13.4. The van der Waals surface area contributed by atoms with Crippen LogP contribution in [0.2, 0.25) is 0 Å². The highest BCUT2D eigenvalue weighted by molar-refractivity contribution is 7.89. The lowest BCUT2D eigenvalue weighted by molar-refractivity contribution is -0.134. The van der Waals surface area contributed by atoms with E-state index in [1.807, 2.05) is 11.8 Å². The topological polar surface area (TPSA) is 70.8 Å². The van der Waals surface area contributed by atoms with Gasteiger partial charge in [-0.2, -0.15) is 4.31 Å². The van der Waals surface area contributed by atoms with Gasteiger partial charge < -0.3 is 9.32 Å². The van der Waals surface area contributed by atoms with Gasteiger partial charge in [0.05, 0.1) is 30.3 Å². The number of rotatable bonds is 7. The zero-order valence-electron chi connectivity index (χ0n) is 17.7. The summed E-state index contributed by atoms with van der Waals surface area (Å²) in [7, 11) is -3.87. The number of benzene rings is 1. The van der Waals surface area contributed by atoms with Crippen molar-refractivity contribution in [3.63, 3.8) is 0 Å². The van der Waals surface area contributed by atoms with E-state index in [1.54, 1.807) is 47.7 Å². The molecule has 0 aliphatic carbocycles.